The van der Waals surface area contributed by atoms with Crippen LogP contribution in [0.1, 0.15) is 65.6 Å². The van der Waals surface area contributed by atoms with Crippen LogP contribution in [-0.4, -0.2) is 34.9 Å². The molecule has 5 rings (SSSR count). The largest absolute Gasteiger partial charge is 0.349 e. The van der Waals surface area contributed by atoms with Gasteiger partial charge < -0.3 is 15.6 Å². The first-order chi connectivity index (χ1) is 18.5. The molecule has 2 aliphatic rings. The van der Waals surface area contributed by atoms with Crippen LogP contribution < -0.4 is 16.1 Å². The normalized spacial score (nSPS) is 19.4. The summed E-state index contributed by atoms with van der Waals surface area (Å²) in [6, 6.07) is 13.0. The third-order valence-corrected chi connectivity index (χ3v) is 7.25. The van der Waals surface area contributed by atoms with Crippen LogP contribution >= 0.6 is 0 Å². The van der Waals surface area contributed by atoms with Crippen LogP contribution in [0.4, 0.5) is 5.69 Å². The number of hydrogen-bond donors (Lipinski definition) is 4. The number of nitrogens with two attached hydrogens (primary N) is 1. The van der Waals surface area contributed by atoms with Gasteiger partial charge in [-0.2, -0.15) is 5.48 Å². The molecule has 2 aliphatic carbocycles. The van der Waals surface area contributed by atoms with Crippen molar-refractivity contribution in [2.24, 2.45) is 5.92 Å². The van der Waals surface area contributed by atoms with E-state index in [9.17, 15) is 9.59 Å². The van der Waals surface area contributed by atoms with Gasteiger partial charge in [0.25, 0.3) is 11.8 Å². The van der Waals surface area contributed by atoms with Crippen molar-refractivity contribution in [3.8, 4) is 0 Å². The van der Waals surface area contributed by atoms with E-state index >= 15 is 0 Å². The fourth-order valence-electron chi connectivity index (χ4n) is 5.01. The van der Waals surface area contributed by atoms with E-state index in [2.05, 4.69) is 22.5 Å². The quantitative estimate of drug-likeness (QED) is 0.279. The molecule has 0 saturated heterocycles. The number of benzene rings is 2. The van der Waals surface area contributed by atoms with Crippen LogP contribution in [-0.2, 0) is 4.84 Å². The van der Waals surface area contributed by atoms with Crippen LogP contribution in [0.3, 0.4) is 0 Å². The van der Waals surface area contributed by atoms with Gasteiger partial charge in [0, 0.05) is 47.0 Å². The number of H-pyrrole nitrogens is 1. The summed E-state index contributed by atoms with van der Waals surface area (Å²) in [5, 5.41) is 6.21. The van der Waals surface area contributed by atoms with E-state index in [0.29, 0.717) is 29.3 Å². The van der Waals surface area contributed by atoms with E-state index < -0.39 is 0 Å². The fraction of sp³-hybridized carbons (Fsp3) is 0.300. The summed E-state index contributed by atoms with van der Waals surface area (Å²) in [6.07, 6.45) is 13.0. The molecule has 3 aromatic rings. The number of aromatic nitrogens is 2. The first kappa shape index (κ1) is 25.6. The van der Waals surface area contributed by atoms with Crippen molar-refractivity contribution < 1.29 is 19.9 Å². The molecule has 2 unspecified atom stereocenters. The average molecular weight is 513 g/mol. The van der Waals surface area contributed by atoms with Crippen LogP contribution in [0.15, 0.2) is 72.5 Å². The predicted octanol–water partition coefficient (Wildman–Crippen LogP) is 4.28. The summed E-state index contributed by atoms with van der Waals surface area (Å²) in [5.74, 6) is 1.02. The van der Waals surface area contributed by atoms with Gasteiger partial charge in [0.05, 0.1) is 18.1 Å². The number of nitrogens with zero attached hydrogens (tertiary/aromatic N) is 1. The zero-order valence-electron chi connectivity index (χ0n) is 21.8. The summed E-state index contributed by atoms with van der Waals surface area (Å²) >= 11 is 0. The molecule has 1 saturated carbocycles. The van der Waals surface area contributed by atoms with Gasteiger partial charge in [0.2, 0.25) is 0 Å². The summed E-state index contributed by atoms with van der Waals surface area (Å²) in [6.45, 7) is 2.22. The Morgan fingerprint density at radius 2 is 1.82 bits per heavy atom. The van der Waals surface area contributed by atoms with E-state index in [1.807, 2.05) is 54.6 Å². The molecule has 2 aromatic carbocycles. The molecule has 1 heterocycles. The van der Waals surface area contributed by atoms with E-state index in [4.69, 9.17) is 9.82 Å². The van der Waals surface area contributed by atoms with Gasteiger partial charge in [-0.3, -0.25) is 9.59 Å². The molecule has 8 heteroatoms. The number of amides is 2. The first-order valence-electron chi connectivity index (χ1n) is 13.2. The lowest BCUT2D eigenvalue weighted by molar-refractivity contribution is -0.830. The maximum absolute atomic E-state index is 12.9. The first-order valence-corrected chi connectivity index (χ1v) is 13.2. The lowest BCUT2D eigenvalue weighted by Gasteiger charge is -2.29. The molecule has 5 N–H and O–H groups in total. The molecule has 0 spiro atoms. The van der Waals surface area contributed by atoms with Gasteiger partial charge >= 0.3 is 0 Å². The highest BCUT2D eigenvalue weighted by atomic mass is 16.6. The minimum absolute atomic E-state index is 0.0369. The number of hydrogen-bond acceptors (Lipinski definition) is 4. The highest BCUT2D eigenvalue weighted by Crippen LogP contribution is 2.25. The molecular weight excluding hydrogens is 478 g/mol. The monoisotopic (exact) mass is 512 g/mol. The molecule has 2 atom stereocenters. The van der Waals surface area contributed by atoms with Crippen molar-refractivity contribution >= 4 is 34.1 Å². The smallest absolute Gasteiger partial charge is 0.255 e. The molecule has 1 aromatic heterocycles. The molecule has 0 radical (unpaired) electrons. The summed E-state index contributed by atoms with van der Waals surface area (Å²) in [7, 11) is 1.59. The Hall–Kier alpha value is -4.01. The Morgan fingerprint density at radius 3 is 2.61 bits per heavy atom. The second-order valence-corrected chi connectivity index (χ2v) is 10.0. The standard InChI is InChI=1S/C30H33N5O3/c1-19-6-3-4-9-25(19)34-30(37)22-13-17-26-27(18-22)33-28(32-26)20-7-5-8-23(14-10-20)31-29(36)21-11-15-24(16-12-21)35-38-2/h5,7,10-19,25,35H,3-4,6,8-9H2,1-2H3,(H,31,36)(H,32,33)(H,34,37)/p+1. The Kier molecular flexibility index (Phi) is 7.81. The van der Waals surface area contributed by atoms with Crippen molar-refractivity contribution in [2.45, 2.75) is 45.1 Å². The van der Waals surface area contributed by atoms with Crippen molar-refractivity contribution in [3.05, 3.63) is 89.4 Å². The third-order valence-electron chi connectivity index (χ3n) is 7.25. The second kappa shape index (κ2) is 11.6. The topological polar surface area (TPSA) is 113 Å². The maximum Gasteiger partial charge on any atom is 0.255 e. The van der Waals surface area contributed by atoms with Gasteiger partial charge in [0.15, 0.2) is 5.69 Å². The number of allylic oxidation sites excluding steroid dienone is 5. The molecule has 1 fully saturated rings. The molecule has 38 heavy (non-hydrogen) atoms. The van der Waals surface area contributed by atoms with Crippen LogP contribution in [0.5, 0.6) is 0 Å². The third kappa shape index (κ3) is 5.93. The van der Waals surface area contributed by atoms with Crippen molar-refractivity contribution in [3.63, 3.8) is 0 Å². The highest BCUT2D eigenvalue weighted by Gasteiger charge is 2.23. The Labute approximate surface area is 222 Å². The van der Waals surface area contributed by atoms with E-state index in [1.54, 1.807) is 24.7 Å². The molecule has 0 bridgehead atoms. The number of rotatable bonds is 7. The molecule has 2 amide bonds. The maximum atomic E-state index is 12.9. The summed E-state index contributed by atoms with van der Waals surface area (Å²) < 4.78 is 0. The zero-order chi connectivity index (χ0) is 26.5. The Balaban J connectivity index is 1.28. The van der Waals surface area contributed by atoms with Gasteiger partial charge in [-0.25, -0.2) is 9.82 Å². The number of nitrogens with one attached hydrogen (secondary N) is 3. The van der Waals surface area contributed by atoms with Crippen LogP contribution in [0.2, 0.25) is 0 Å². The van der Waals surface area contributed by atoms with Crippen molar-refractivity contribution in [2.75, 3.05) is 7.11 Å². The van der Waals surface area contributed by atoms with Crippen LogP contribution in [0.25, 0.3) is 16.6 Å². The van der Waals surface area contributed by atoms with Gasteiger partial charge in [0.1, 0.15) is 5.82 Å². The predicted molar refractivity (Wildman–Crippen MR) is 147 cm³/mol. The number of carbonyl (C=O) groups excluding carboxylic acids is 2. The minimum atomic E-state index is -0.164. The molecular formula is C30H34N5O3+. The van der Waals surface area contributed by atoms with E-state index in [1.165, 1.54) is 12.8 Å². The summed E-state index contributed by atoms with van der Waals surface area (Å²) in [5.41, 5.74) is 7.03. The number of quaternary nitrogens is 1. The molecule has 8 nitrogen and oxygen atoms in total. The average Bonchev–Trinajstić information content (AvgIpc) is 3.21. The van der Waals surface area contributed by atoms with Gasteiger partial charge in [-0.1, -0.05) is 31.9 Å². The molecule has 0 aliphatic heterocycles. The number of carbonyl (C=O) groups is 2. The lowest BCUT2D eigenvalue weighted by atomic mass is 9.86. The Bertz CT molecular complexity index is 1420. The highest BCUT2D eigenvalue weighted by molar-refractivity contribution is 5.98. The number of imidazole rings is 1. The van der Waals surface area contributed by atoms with Crippen molar-refractivity contribution in [1.29, 1.82) is 0 Å². The number of fused-ring (bicyclic) bond motifs is 1. The van der Waals surface area contributed by atoms with Gasteiger partial charge in [-0.15, -0.1) is 0 Å². The summed E-state index contributed by atoms with van der Waals surface area (Å²) in [4.78, 5) is 38.7. The van der Waals surface area contributed by atoms with E-state index in [-0.39, 0.29) is 17.9 Å². The lowest BCUT2D eigenvalue weighted by Crippen LogP contribution is -2.75. The van der Waals surface area contributed by atoms with Crippen LogP contribution in [0, 0.1) is 5.92 Å². The second-order valence-electron chi connectivity index (χ2n) is 10.0. The number of aromatic amines is 1. The van der Waals surface area contributed by atoms with E-state index in [0.717, 1.165) is 40.8 Å². The Morgan fingerprint density at radius 1 is 1.03 bits per heavy atom. The minimum Gasteiger partial charge on any atom is -0.349 e. The zero-order valence-corrected chi connectivity index (χ0v) is 21.8. The SMILES string of the molecule is CO[NH2+]c1ccc(C(=O)NC2=CC=C(c3nc4ccc(C(=O)NC5CCCCC5C)cc4[nH]3)C=CC2)cc1. The van der Waals surface area contributed by atoms with Crippen molar-refractivity contribution in [1.82, 2.24) is 20.6 Å². The van der Waals surface area contributed by atoms with Gasteiger partial charge in [-0.05, 0) is 61.2 Å². The fourth-order valence-corrected chi connectivity index (χ4v) is 5.01. The molecule has 196 valence electrons.